The second kappa shape index (κ2) is 11.9. The third-order valence-corrected chi connectivity index (χ3v) is 5.57. The largest absolute Gasteiger partial charge is 0.379 e. The van der Waals surface area contributed by atoms with Crippen LogP contribution in [0.5, 0.6) is 0 Å². The number of carbonyl (C=O) groups excluding carboxylic acids is 1. The highest BCUT2D eigenvalue weighted by molar-refractivity contribution is 5.94. The molecule has 0 spiro atoms. The Balaban J connectivity index is 1.96. The molecule has 0 aromatic heterocycles. The van der Waals surface area contributed by atoms with Gasteiger partial charge in [0.05, 0.1) is 19.8 Å². The lowest BCUT2D eigenvalue weighted by Crippen LogP contribution is -2.56. The molecule has 168 valence electrons. The van der Waals surface area contributed by atoms with Crippen molar-refractivity contribution >= 4 is 11.9 Å². The number of rotatable bonds is 9. The molecular formula is C23H39N5O2. The van der Waals surface area contributed by atoms with E-state index in [0.717, 1.165) is 69.6 Å². The fourth-order valence-electron chi connectivity index (χ4n) is 3.54. The molecule has 1 amide bonds. The quantitative estimate of drug-likeness (QED) is 0.477. The van der Waals surface area contributed by atoms with Crippen LogP contribution in [0.1, 0.15) is 50.5 Å². The third-order valence-electron chi connectivity index (χ3n) is 5.57. The lowest BCUT2D eigenvalue weighted by atomic mass is 10.0. The maximum atomic E-state index is 12.4. The second-order valence-corrected chi connectivity index (χ2v) is 8.13. The first kappa shape index (κ1) is 24.2. The summed E-state index contributed by atoms with van der Waals surface area (Å²) in [6.45, 7) is 17.7. The molecule has 0 atom stereocenters. The van der Waals surface area contributed by atoms with Crippen LogP contribution in [-0.2, 0) is 11.3 Å². The van der Waals surface area contributed by atoms with E-state index in [2.05, 4.69) is 36.3 Å². The Kier molecular flexibility index (Phi) is 9.59. The van der Waals surface area contributed by atoms with Gasteiger partial charge in [-0.15, -0.1) is 0 Å². The molecule has 2 N–H and O–H groups in total. The topological polar surface area (TPSA) is 69.2 Å². The summed E-state index contributed by atoms with van der Waals surface area (Å²) in [5.74, 6) is 0.887. The summed E-state index contributed by atoms with van der Waals surface area (Å²) >= 11 is 0. The minimum absolute atomic E-state index is 0.0202. The molecular weight excluding hydrogens is 378 g/mol. The van der Waals surface area contributed by atoms with Crippen LogP contribution in [0, 0.1) is 0 Å². The van der Waals surface area contributed by atoms with E-state index in [4.69, 9.17) is 9.73 Å². The number of nitrogens with one attached hydrogen (secondary N) is 2. The van der Waals surface area contributed by atoms with Crippen LogP contribution in [0.3, 0.4) is 0 Å². The summed E-state index contributed by atoms with van der Waals surface area (Å²) in [6.07, 6.45) is 0. The molecule has 30 heavy (non-hydrogen) atoms. The van der Waals surface area contributed by atoms with Gasteiger partial charge in [0.2, 0.25) is 0 Å². The van der Waals surface area contributed by atoms with E-state index in [9.17, 15) is 4.79 Å². The Morgan fingerprint density at radius 2 is 1.73 bits per heavy atom. The van der Waals surface area contributed by atoms with Gasteiger partial charge in [0.1, 0.15) is 0 Å². The number of ether oxygens (including phenoxy) is 1. The van der Waals surface area contributed by atoms with Crippen molar-refractivity contribution in [2.24, 2.45) is 4.99 Å². The fourth-order valence-corrected chi connectivity index (χ4v) is 3.54. The number of carbonyl (C=O) groups is 1. The Labute approximate surface area is 181 Å². The zero-order valence-corrected chi connectivity index (χ0v) is 19.3. The third kappa shape index (κ3) is 6.99. The van der Waals surface area contributed by atoms with Crippen molar-refractivity contribution in [1.82, 2.24) is 20.4 Å². The summed E-state index contributed by atoms with van der Waals surface area (Å²) in [7, 11) is 0. The molecule has 0 radical (unpaired) electrons. The molecule has 1 aromatic carbocycles. The number of hydrogen-bond acceptors (Lipinski definition) is 4. The average Bonchev–Trinajstić information content (AvgIpc) is 2.77. The van der Waals surface area contributed by atoms with E-state index >= 15 is 0 Å². The Morgan fingerprint density at radius 3 is 2.30 bits per heavy atom. The second-order valence-electron chi connectivity index (χ2n) is 8.13. The highest BCUT2D eigenvalue weighted by Crippen LogP contribution is 2.15. The van der Waals surface area contributed by atoms with Crippen LogP contribution >= 0.6 is 0 Å². The van der Waals surface area contributed by atoms with Gasteiger partial charge in [-0.1, -0.05) is 12.1 Å². The molecule has 0 aliphatic carbocycles. The molecule has 1 heterocycles. The van der Waals surface area contributed by atoms with Crippen LogP contribution in [-0.4, -0.2) is 79.7 Å². The molecule has 7 heteroatoms. The van der Waals surface area contributed by atoms with E-state index in [-0.39, 0.29) is 11.4 Å². The molecule has 0 bridgehead atoms. The number of amides is 1. The van der Waals surface area contributed by atoms with E-state index in [1.165, 1.54) is 0 Å². The molecule has 2 rings (SSSR count). The molecule has 1 aliphatic rings. The number of guanidine groups is 1. The first-order valence-electron chi connectivity index (χ1n) is 11.1. The smallest absolute Gasteiger partial charge is 0.253 e. The van der Waals surface area contributed by atoms with Crippen molar-refractivity contribution in [3.05, 3.63) is 35.4 Å². The maximum absolute atomic E-state index is 12.4. The van der Waals surface area contributed by atoms with Crippen molar-refractivity contribution in [3.8, 4) is 0 Å². The summed E-state index contributed by atoms with van der Waals surface area (Å²) in [5, 5.41) is 6.81. The van der Waals surface area contributed by atoms with Crippen LogP contribution in [0.2, 0.25) is 0 Å². The van der Waals surface area contributed by atoms with Crippen molar-refractivity contribution in [1.29, 1.82) is 0 Å². The zero-order chi connectivity index (χ0) is 22.0. The van der Waals surface area contributed by atoms with Crippen LogP contribution in [0.15, 0.2) is 29.3 Å². The molecule has 1 fully saturated rings. The fraction of sp³-hybridized carbons (Fsp3) is 0.652. The van der Waals surface area contributed by atoms with Crippen molar-refractivity contribution in [2.45, 2.75) is 46.7 Å². The molecule has 1 saturated heterocycles. The summed E-state index contributed by atoms with van der Waals surface area (Å²) in [4.78, 5) is 21.5. The van der Waals surface area contributed by atoms with E-state index in [0.29, 0.717) is 6.54 Å². The highest BCUT2D eigenvalue weighted by Gasteiger charge is 2.28. The molecule has 7 nitrogen and oxygen atoms in total. The molecule has 0 unspecified atom stereocenters. The van der Waals surface area contributed by atoms with Gasteiger partial charge in [0.25, 0.3) is 5.91 Å². The van der Waals surface area contributed by atoms with Crippen LogP contribution in [0.4, 0.5) is 0 Å². The zero-order valence-electron chi connectivity index (χ0n) is 19.3. The number of nitrogens with zero attached hydrogens (tertiary/aromatic N) is 3. The van der Waals surface area contributed by atoms with Gasteiger partial charge >= 0.3 is 0 Å². The Hall–Kier alpha value is -2.12. The number of aliphatic imine (C=N–C) groups is 1. The summed E-state index contributed by atoms with van der Waals surface area (Å²) in [6, 6.07) is 7.77. The molecule has 1 aliphatic heterocycles. The van der Waals surface area contributed by atoms with E-state index in [1.54, 1.807) is 0 Å². The van der Waals surface area contributed by atoms with Crippen molar-refractivity contribution in [2.75, 3.05) is 52.5 Å². The first-order valence-corrected chi connectivity index (χ1v) is 11.1. The predicted octanol–water partition coefficient (Wildman–Crippen LogP) is 2.33. The average molecular weight is 418 g/mol. The van der Waals surface area contributed by atoms with E-state index < -0.39 is 0 Å². The summed E-state index contributed by atoms with van der Waals surface area (Å²) < 4.78 is 5.47. The van der Waals surface area contributed by atoms with Gasteiger partial charge in [-0.2, -0.15) is 0 Å². The number of benzene rings is 1. The molecule has 1 aromatic rings. The normalized spacial score (nSPS) is 15.7. The standard InChI is InChI=1S/C23H39N5O2/c1-6-24-22(26-18-23(4,5)28-13-15-30-16-14-28)25-17-19-9-11-20(12-10-19)21(29)27(7-2)8-3/h9-12H,6-8,13-18H2,1-5H3,(H2,24,25,26). The van der Waals surface area contributed by atoms with Crippen molar-refractivity contribution in [3.63, 3.8) is 0 Å². The van der Waals surface area contributed by atoms with Gasteiger partial charge < -0.3 is 20.3 Å². The predicted molar refractivity (Wildman–Crippen MR) is 123 cm³/mol. The van der Waals surface area contributed by atoms with Gasteiger partial charge in [0.15, 0.2) is 5.96 Å². The number of hydrogen-bond donors (Lipinski definition) is 2. The van der Waals surface area contributed by atoms with Crippen molar-refractivity contribution < 1.29 is 9.53 Å². The lowest BCUT2D eigenvalue weighted by Gasteiger charge is -2.41. The van der Waals surface area contributed by atoms with Gasteiger partial charge in [-0.3, -0.25) is 9.69 Å². The summed E-state index contributed by atoms with van der Waals surface area (Å²) in [5.41, 5.74) is 1.83. The Bertz CT molecular complexity index is 677. The lowest BCUT2D eigenvalue weighted by molar-refractivity contribution is -0.00834. The molecule has 0 saturated carbocycles. The van der Waals surface area contributed by atoms with Crippen LogP contribution in [0.25, 0.3) is 0 Å². The SMILES string of the molecule is CCNC(=NCc1ccc(C(=O)N(CC)CC)cc1)NCC(C)(C)N1CCOCC1. The number of morpholine rings is 1. The Morgan fingerprint density at radius 1 is 1.10 bits per heavy atom. The first-order chi connectivity index (χ1) is 14.4. The van der Waals surface area contributed by atoms with Gasteiger partial charge in [-0.25, -0.2) is 4.99 Å². The minimum atomic E-state index is 0.0202. The van der Waals surface area contributed by atoms with E-state index in [1.807, 2.05) is 43.0 Å². The highest BCUT2D eigenvalue weighted by atomic mass is 16.5. The maximum Gasteiger partial charge on any atom is 0.253 e. The van der Waals surface area contributed by atoms with Gasteiger partial charge in [-0.05, 0) is 52.3 Å². The minimum Gasteiger partial charge on any atom is -0.379 e. The van der Waals surface area contributed by atoms with Crippen LogP contribution < -0.4 is 10.6 Å². The monoisotopic (exact) mass is 417 g/mol. The van der Waals surface area contributed by atoms with Gasteiger partial charge in [0, 0.05) is 50.4 Å².